The second kappa shape index (κ2) is 6.43. The van der Waals surface area contributed by atoms with Crippen LogP contribution in [0.2, 0.25) is 0 Å². The molecule has 3 heteroatoms. The molecule has 3 nitrogen and oxygen atoms in total. The second-order valence-corrected chi connectivity index (χ2v) is 4.91. The maximum absolute atomic E-state index is 12.1. The van der Waals surface area contributed by atoms with Crippen LogP contribution in [-0.2, 0) is 4.79 Å². The molecule has 0 unspecified atom stereocenters. The Kier molecular flexibility index (Phi) is 4.62. The summed E-state index contributed by atoms with van der Waals surface area (Å²) in [5, 5.41) is 3.00. The van der Waals surface area contributed by atoms with Gasteiger partial charge in [0.15, 0.2) is 0 Å². The Morgan fingerprint density at radius 1 is 1.11 bits per heavy atom. The average Bonchev–Trinajstić information content (AvgIpc) is 2.68. The SMILES string of the molecule is COc1ccc(NC(=O)C2CCCCCC2)cc1. The van der Waals surface area contributed by atoms with Crippen molar-refractivity contribution in [1.29, 1.82) is 0 Å². The molecule has 0 saturated heterocycles. The van der Waals surface area contributed by atoms with Crippen LogP contribution in [-0.4, -0.2) is 13.0 Å². The summed E-state index contributed by atoms with van der Waals surface area (Å²) in [5.41, 5.74) is 0.852. The lowest BCUT2D eigenvalue weighted by atomic mass is 9.99. The van der Waals surface area contributed by atoms with Crippen LogP contribution in [0.15, 0.2) is 24.3 Å². The Morgan fingerprint density at radius 3 is 2.28 bits per heavy atom. The average molecular weight is 247 g/mol. The van der Waals surface area contributed by atoms with Crippen LogP contribution < -0.4 is 10.1 Å². The van der Waals surface area contributed by atoms with Gasteiger partial charge in [0.1, 0.15) is 5.75 Å². The maximum atomic E-state index is 12.1. The maximum Gasteiger partial charge on any atom is 0.227 e. The first kappa shape index (κ1) is 12.9. The van der Waals surface area contributed by atoms with E-state index < -0.39 is 0 Å². The van der Waals surface area contributed by atoms with Crippen molar-refractivity contribution in [3.8, 4) is 5.75 Å². The lowest BCUT2D eigenvalue weighted by Crippen LogP contribution is -2.22. The zero-order valence-electron chi connectivity index (χ0n) is 10.9. The summed E-state index contributed by atoms with van der Waals surface area (Å²) in [5.74, 6) is 1.17. The molecule has 1 aliphatic rings. The number of hydrogen-bond donors (Lipinski definition) is 1. The molecular weight excluding hydrogens is 226 g/mol. The molecule has 98 valence electrons. The molecule has 0 atom stereocenters. The predicted molar refractivity (Wildman–Crippen MR) is 72.8 cm³/mol. The molecule has 0 heterocycles. The standard InChI is InChI=1S/C15H21NO2/c1-18-14-10-8-13(9-11-14)16-15(17)12-6-4-2-3-5-7-12/h8-12H,2-7H2,1H3,(H,16,17). The highest BCUT2D eigenvalue weighted by molar-refractivity contribution is 5.92. The molecule has 0 bridgehead atoms. The van der Waals surface area contributed by atoms with Crippen LogP contribution >= 0.6 is 0 Å². The van der Waals surface area contributed by atoms with Gasteiger partial charge in [-0.25, -0.2) is 0 Å². The smallest absolute Gasteiger partial charge is 0.227 e. The molecule has 0 aromatic heterocycles. The number of hydrogen-bond acceptors (Lipinski definition) is 2. The van der Waals surface area contributed by atoms with Crippen molar-refractivity contribution in [3.05, 3.63) is 24.3 Å². The summed E-state index contributed by atoms with van der Waals surface area (Å²) in [7, 11) is 1.64. The number of nitrogens with one attached hydrogen (secondary N) is 1. The van der Waals surface area contributed by atoms with E-state index in [0.29, 0.717) is 0 Å². The molecule has 1 saturated carbocycles. The van der Waals surface area contributed by atoms with Crippen LogP contribution in [0, 0.1) is 5.92 Å². The van der Waals surface area contributed by atoms with E-state index in [-0.39, 0.29) is 11.8 Å². The summed E-state index contributed by atoms with van der Waals surface area (Å²) in [6.07, 6.45) is 6.96. The highest BCUT2D eigenvalue weighted by Gasteiger charge is 2.19. The van der Waals surface area contributed by atoms with Gasteiger partial charge in [-0.3, -0.25) is 4.79 Å². The number of anilines is 1. The van der Waals surface area contributed by atoms with Crippen molar-refractivity contribution in [2.45, 2.75) is 38.5 Å². The fourth-order valence-electron chi connectivity index (χ4n) is 2.46. The molecule has 1 N–H and O–H groups in total. The third-order valence-corrected chi connectivity index (χ3v) is 3.58. The first-order valence-corrected chi connectivity index (χ1v) is 6.74. The van der Waals surface area contributed by atoms with Crippen molar-refractivity contribution in [2.24, 2.45) is 5.92 Å². The largest absolute Gasteiger partial charge is 0.497 e. The summed E-state index contributed by atoms with van der Waals surface area (Å²) in [6, 6.07) is 7.49. The third kappa shape index (κ3) is 3.49. The van der Waals surface area contributed by atoms with Gasteiger partial charge < -0.3 is 10.1 Å². The van der Waals surface area contributed by atoms with Crippen LogP contribution in [0.25, 0.3) is 0 Å². The van der Waals surface area contributed by atoms with Gasteiger partial charge >= 0.3 is 0 Å². The molecule has 18 heavy (non-hydrogen) atoms. The molecule has 1 fully saturated rings. The Bertz CT molecular complexity index is 378. The van der Waals surface area contributed by atoms with E-state index in [9.17, 15) is 4.79 Å². The van der Waals surface area contributed by atoms with Crippen molar-refractivity contribution in [1.82, 2.24) is 0 Å². The molecule has 1 aromatic rings. The minimum Gasteiger partial charge on any atom is -0.497 e. The van der Waals surface area contributed by atoms with E-state index in [1.807, 2.05) is 24.3 Å². The number of amides is 1. The van der Waals surface area contributed by atoms with E-state index in [2.05, 4.69) is 5.32 Å². The van der Waals surface area contributed by atoms with E-state index in [4.69, 9.17) is 4.74 Å². The Morgan fingerprint density at radius 2 is 1.72 bits per heavy atom. The zero-order valence-corrected chi connectivity index (χ0v) is 10.9. The van der Waals surface area contributed by atoms with Gasteiger partial charge in [0.2, 0.25) is 5.91 Å². The number of benzene rings is 1. The van der Waals surface area contributed by atoms with Crippen molar-refractivity contribution >= 4 is 11.6 Å². The van der Waals surface area contributed by atoms with Crippen LogP contribution in [0.5, 0.6) is 5.75 Å². The predicted octanol–water partition coefficient (Wildman–Crippen LogP) is 3.60. The summed E-state index contributed by atoms with van der Waals surface area (Å²) in [4.78, 5) is 12.1. The van der Waals surface area contributed by atoms with Crippen LogP contribution in [0.1, 0.15) is 38.5 Å². The van der Waals surface area contributed by atoms with E-state index in [1.165, 1.54) is 25.7 Å². The highest BCUT2D eigenvalue weighted by Crippen LogP contribution is 2.24. The topological polar surface area (TPSA) is 38.3 Å². The van der Waals surface area contributed by atoms with Crippen LogP contribution in [0.3, 0.4) is 0 Å². The zero-order chi connectivity index (χ0) is 12.8. The Balaban J connectivity index is 1.92. The minimum absolute atomic E-state index is 0.169. The third-order valence-electron chi connectivity index (χ3n) is 3.58. The molecular formula is C15H21NO2. The number of rotatable bonds is 3. The molecule has 1 aliphatic carbocycles. The second-order valence-electron chi connectivity index (χ2n) is 4.91. The first-order chi connectivity index (χ1) is 8.79. The molecule has 0 aliphatic heterocycles. The van der Waals surface area contributed by atoms with Gasteiger partial charge in [0.05, 0.1) is 7.11 Å². The number of ether oxygens (including phenoxy) is 1. The van der Waals surface area contributed by atoms with Gasteiger partial charge in [-0.15, -0.1) is 0 Å². The molecule has 1 amide bonds. The van der Waals surface area contributed by atoms with Gasteiger partial charge in [-0.2, -0.15) is 0 Å². The van der Waals surface area contributed by atoms with Crippen molar-refractivity contribution in [2.75, 3.05) is 12.4 Å². The quantitative estimate of drug-likeness (QED) is 0.829. The van der Waals surface area contributed by atoms with Gasteiger partial charge in [-0.05, 0) is 37.1 Å². The van der Waals surface area contributed by atoms with E-state index >= 15 is 0 Å². The normalized spacial score (nSPS) is 16.9. The highest BCUT2D eigenvalue weighted by atomic mass is 16.5. The monoisotopic (exact) mass is 247 g/mol. The number of carbonyl (C=O) groups is 1. The van der Waals surface area contributed by atoms with Gasteiger partial charge in [-0.1, -0.05) is 25.7 Å². The molecule has 1 aromatic carbocycles. The summed E-state index contributed by atoms with van der Waals surface area (Å²) in [6.45, 7) is 0. The Labute approximate surface area is 109 Å². The minimum atomic E-state index is 0.169. The van der Waals surface area contributed by atoms with E-state index in [0.717, 1.165) is 24.3 Å². The van der Waals surface area contributed by atoms with Crippen molar-refractivity contribution < 1.29 is 9.53 Å². The first-order valence-electron chi connectivity index (χ1n) is 6.74. The Hall–Kier alpha value is -1.51. The molecule has 0 radical (unpaired) electrons. The number of methoxy groups -OCH3 is 1. The molecule has 2 rings (SSSR count). The van der Waals surface area contributed by atoms with Gasteiger partial charge in [0, 0.05) is 11.6 Å². The fraction of sp³-hybridized carbons (Fsp3) is 0.533. The number of carbonyl (C=O) groups excluding carboxylic acids is 1. The lowest BCUT2D eigenvalue weighted by Gasteiger charge is -2.14. The van der Waals surface area contributed by atoms with E-state index in [1.54, 1.807) is 7.11 Å². The van der Waals surface area contributed by atoms with Gasteiger partial charge in [0.25, 0.3) is 0 Å². The van der Waals surface area contributed by atoms with Crippen molar-refractivity contribution in [3.63, 3.8) is 0 Å². The fourth-order valence-corrected chi connectivity index (χ4v) is 2.46. The van der Waals surface area contributed by atoms with Crippen LogP contribution in [0.4, 0.5) is 5.69 Å². The summed E-state index contributed by atoms with van der Waals surface area (Å²) < 4.78 is 5.09. The lowest BCUT2D eigenvalue weighted by molar-refractivity contribution is -0.120. The summed E-state index contributed by atoms with van der Waals surface area (Å²) >= 11 is 0. The molecule has 0 spiro atoms.